The molecule has 14 nitrogen and oxygen atoms in total. The number of aromatic hydroxyl groups is 1. The number of carbonyl (C=O) groups excluding carboxylic acids is 4. The van der Waals surface area contributed by atoms with Gasteiger partial charge in [-0.15, -0.1) is 0 Å². The SMILES string of the molecule is CC[C@H](C)[C@H](NC(=O)[C@@H](N)Cc1ccc(O)cc1)C(=O)N[C@@H](Cc1cnc[nH]1)C(=O)N1CCC[C@H]1C(=O)N[C@@H](CC(C)C)C(=O)O. The smallest absolute Gasteiger partial charge is 0.326 e. The number of carboxylic acids is 1. The Labute approximate surface area is 268 Å². The third kappa shape index (κ3) is 10.0. The number of nitrogens with two attached hydrogens (primary N) is 1. The maximum Gasteiger partial charge on any atom is 0.326 e. The highest BCUT2D eigenvalue weighted by atomic mass is 16.4. The van der Waals surface area contributed by atoms with E-state index in [4.69, 9.17) is 5.73 Å². The maximum atomic E-state index is 14.0. The predicted octanol–water partition coefficient (Wildman–Crippen LogP) is 0.850. The van der Waals surface area contributed by atoms with Gasteiger partial charge in [0.15, 0.2) is 0 Å². The van der Waals surface area contributed by atoms with Crippen molar-refractivity contribution < 1.29 is 34.2 Å². The van der Waals surface area contributed by atoms with Crippen molar-refractivity contribution in [2.24, 2.45) is 17.6 Å². The van der Waals surface area contributed by atoms with Crippen molar-refractivity contribution in [2.45, 2.75) is 96.4 Å². The van der Waals surface area contributed by atoms with Crippen LogP contribution in [0.4, 0.5) is 0 Å². The van der Waals surface area contributed by atoms with E-state index in [0.717, 1.165) is 5.56 Å². The number of phenols is 1. The summed E-state index contributed by atoms with van der Waals surface area (Å²) in [5, 5.41) is 27.3. The molecule has 2 heterocycles. The lowest BCUT2D eigenvalue weighted by Crippen LogP contribution is -2.60. The Balaban J connectivity index is 1.77. The number of amides is 4. The second-order valence-corrected chi connectivity index (χ2v) is 12.4. The van der Waals surface area contributed by atoms with Crippen molar-refractivity contribution in [3.63, 3.8) is 0 Å². The third-order valence-electron chi connectivity index (χ3n) is 8.28. The highest BCUT2D eigenvalue weighted by Gasteiger charge is 2.40. The lowest BCUT2D eigenvalue weighted by atomic mass is 9.96. The number of benzene rings is 1. The Morgan fingerprint density at radius 1 is 1.02 bits per heavy atom. The molecule has 0 radical (unpaired) electrons. The number of nitrogens with zero attached hydrogens (tertiary/aromatic N) is 2. The highest BCUT2D eigenvalue weighted by Crippen LogP contribution is 2.21. The monoisotopic (exact) mass is 641 g/mol. The summed E-state index contributed by atoms with van der Waals surface area (Å²) in [6.45, 7) is 7.64. The number of rotatable bonds is 16. The number of aromatic nitrogens is 2. The minimum absolute atomic E-state index is 0.0259. The molecular weight excluding hydrogens is 594 g/mol. The van der Waals surface area contributed by atoms with Crippen LogP contribution in [0.15, 0.2) is 36.8 Å². The van der Waals surface area contributed by atoms with Gasteiger partial charge in [0.25, 0.3) is 0 Å². The fourth-order valence-corrected chi connectivity index (χ4v) is 5.48. The van der Waals surface area contributed by atoms with Crippen LogP contribution < -0.4 is 21.7 Å². The van der Waals surface area contributed by atoms with Crippen LogP contribution in [0.25, 0.3) is 0 Å². The molecule has 2 aromatic rings. The number of imidazole rings is 1. The first kappa shape index (κ1) is 36.0. The van der Waals surface area contributed by atoms with Gasteiger partial charge in [0.05, 0.1) is 12.4 Å². The van der Waals surface area contributed by atoms with Gasteiger partial charge < -0.3 is 41.8 Å². The quantitative estimate of drug-likeness (QED) is 0.138. The maximum absolute atomic E-state index is 14.0. The summed E-state index contributed by atoms with van der Waals surface area (Å²) in [4.78, 5) is 74.2. The third-order valence-corrected chi connectivity index (χ3v) is 8.28. The van der Waals surface area contributed by atoms with Crippen LogP contribution in [-0.2, 0) is 36.8 Å². The fourth-order valence-electron chi connectivity index (χ4n) is 5.48. The number of aliphatic carboxylic acids is 1. The van der Waals surface area contributed by atoms with Crippen LogP contribution in [0.2, 0.25) is 0 Å². The van der Waals surface area contributed by atoms with Crippen molar-refractivity contribution >= 4 is 29.6 Å². The summed E-state index contributed by atoms with van der Waals surface area (Å²) in [6.07, 6.45) is 4.86. The number of likely N-dealkylation sites (tertiary alicyclic amines) is 1. The van der Waals surface area contributed by atoms with Gasteiger partial charge in [-0.3, -0.25) is 19.2 Å². The van der Waals surface area contributed by atoms with Gasteiger partial charge in [-0.2, -0.15) is 0 Å². The van der Waals surface area contributed by atoms with Crippen LogP contribution >= 0.6 is 0 Å². The zero-order chi connectivity index (χ0) is 34.0. The Hall–Kier alpha value is -4.46. The lowest BCUT2D eigenvalue weighted by Gasteiger charge is -2.31. The summed E-state index contributed by atoms with van der Waals surface area (Å²) < 4.78 is 0. The number of aromatic amines is 1. The Kier molecular flexibility index (Phi) is 13.1. The van der Waals surface area contributed by atoms with E-state index in [9.17, 15) is 34.2 Å². The number of nitrogens with one attached hydrogen (secondary N) is 4. The first-order chi connectivity index (χ1) is 21.8. The molecule has 0 bridgehead atoms. The standard InChI is InChI=1S/C32H47N7O7/c1-5-19(4)27(38-28(41)23(33)14-20-8-10-22(40)11-9-20)30(43)36-24(15-21-16-34-17-35-21)31(44)39-12-6-7-26(39)29(42)37-25(32(45)46)13-18(2)3/h8-11,16-19,23-27,40H,5-7,12-15,33H2,1-4H3,(H,34,35)(H,36,43)(H,37,42)(H,38,41)(H,45,46)/t19-,23-,24-,25-,26-,27-/m0/s1. The number of hydrogen-bond donors (Lipinski definition) is 7. The van der Waals surface area contributed by atoms with Crippen LogP contribution in [0.5, 0.6) is 5.75 Å². The highest BCUT2D eigenvalue weighted by molar-refractivity contribution is 5.96. The molecule has 1 aromatic heterocycles. The van der Waals surface area contributed by atoms with Gasteiger partial charge in [0.1, 0.15) is 29.9 Å². The van der Waals surface area contributed by atoms with Crippen molar-refractivity contribution in [2.75, 3.05) is 6.54 Å². The largest absolute Gasteiger partial charge is 0.508 e. The van der Waals surface area contributed by atoms with E-state index in [0.29, 0.717) is 25.0 Å². The number of phenolic OH excluding ortho intramolecular Hbond substituents is 1. The molecule has 1 aliphatic heterocycles. The van der Waals surface area contributed by atoms with E-state index in [1.54, 1.807) is 19.1 Å². The van der Waals surface area contributed by atoms with E-state index in [2.05, 4.69) is 25.9 Å². The summed E-state index contributed by atoms with van der Waals surface area (Å²) >= 11 is 0. The summed E-state index contributed by atoms with van der Waals surface area (Å²) in [6, 6.07) is 1.23. The zero-order valence-corrected chi connectivity index (χ0v) is 26.9. The van der Waals surface area contributed by atoms with Crippen LogP contribution in [-0.4, -0.2) is 91.4 Å². The van der Waals surface area contributed by atoms with Crippen LogP contribution in [0.1, 0.15) is 64.6 Å². The molecule has 0 unspecified atom stereocenters. The van der Waals surface area contributed by atoms with E-state index in [1.807, 2.05) is 20.8 Å². The molecule has 8 N–H and O–H groups in total. The van der Waals surface area contributed by atoms with Crippen molar-refractivity contribution in [3.05, 3.63) is 48.0 Å². The Morgan fingerprint density at radius 3 is 2.30 bits per heavy atom. The lowest BCUT2D eigenvalue weighted by molar-refractivity contribution is -0.145. The van der Waals surface area contributed by atoms with Crippen molar-refractivity contribution in [3.8, 4) is 5.75 Å². The number of carboxylic acid groups (broad SMARTS) is 1. The van der Waals surface area contributed by atoms with Crippen molar-refractivity contribution in [1.82, 2.24) is 30.8 Å². The van der Waals surface area contributed by atoms with Crippen LogP contribution in [0.3, 0.4) is 0 Å². The molecule has 1 aliphatic rings. The second-order valence-electron chi connectivity index (χ2n) is 12.4. The zero-order valence-electron chi connectivity index (χ0n) is 26.9. The molecular formula is C32H47N7O7. The van der Waals surface area contributed by atoms with Gasteiger partial charge >= 0.3 is 5.97 Å². The summed E-state index contributed by atoms with van der Waals surface area (Å²) in [5.41, 5.74) is 7.48. The summed E-state index contributed by atoms with van der Waals surface area (Å²) in [7, 11) is 0. The molecule has 46 heavy (non-hydrogen) atoms. The first-order valence-electron chi connectivity index (χ1n) is 15.8. The Morgan fingerprint density at radius 2 is 1.72 bits per heavy atom. The first-order valence-corrected chi connectivity index (χ1v) is 15.8. The molecule has 4 amide bonds. The molecule has 1 saturated heterocycles. The minimum atomic E-state index is -1.15. The van der Waals surface area contributed by atoms with Gasteiger partial charge in [0, 0.05) is 24.9 Å². The minimum Gasteiger partial charge on any atom is -0.508 e. The molecule has 0 spiro atoms. The number of H-pyrrole nitrogens is 1. The molecule has 0 aliphatic carbocycles. The van der Waals surface area contributed by atoms with Gasteiger partial charge in [0.2, 0.25) is 23.6 Å². The van der Waals surface area contributed by atoms with E-state index in [-0.39, 0.29) is 43.4 Å². The molecule has 3 rings (SSSR count). The molecule has 1 fully saturated rings. The summed E-state index contributed by atoms with van der Waals surface area (Å²) in [5.74, 6) is -3.54. The van der Waals surface area contributed by atoms with E-state index < -0.39 is 59.8 Å². The van der Waals surface area contributed by atoms with E-state index >= 15 is 0 Å². The van der Waals surface area contributed by atoms with Gasteiger partial charge in [-0.25, -0.2) is 9.78 Å². The van der Waals surface area contributed by atoms with Crippen LogP contribution in [0, 0.1) is 11.8 Å². The van der Waals surface area contributed by atoms with E-state index in [1.165, 1.54) is 29.6 Å². The normalized spacial score (nSPS) is 17.9. The number of hydrogen-bond acceptors (Lipinski definition) is 8. The average Bonchev–Trinajstić information content (AvgIpc) is 3.72. The fraction of sp³-hybridized carbons (Fsp3) is 0.562. The second kappa shape index (κ2) is 16.7. The number of carbonyl (C=O) groups is 5. The Bertz CT molecular complexity index is 1330. The predicted molar refractivity (Wildman–Crippen MR) is 169 cm³/mol. The van der Waals surface area contributed by atoms with Gasteiger partial charge in [-0.1, -0.05) is 46.2 Å². The molecule has 0 saturated carbocycles. The molecule has 1 aromatic carbocycles. The van der Waals surface area contributed by atoms with Gasteiger partial charge in [-0.05, 0) is 55.2 Å². The average molecular weight is 642 g/mol. The van der Waals surface area contributed by atoms with Crippen molar-refractivity contribution in [1.29, 1.82) is 0 Å². The topological polar surface area (TPSA) is 220 Å². The molecule has 14 heteroatoms. The molecule has 6 atom stereocenters. The molecule has 252 valence electrons.